The largest absolute Gasteiger partial charge is 0.457 e. The third-order valence-electron chi connectivity index (χ3n) is 6.65. The zero-order valence-corrected chi connectivity index (χ0v) is 20.9. The van der Waals surface area contributed by atoms with E-state index in [1.165, 1.54) is 17.7 Å². The molecule has 1 fully saturated rings. The maximum atomic E-state index is 13.6. The maximum absolute atomic E-state index is 13.6. The quantitative estimate of drug-likeness (QED) is 0.360. The predicted octanol–water partition coefficient (Wildman–Crippen LogP) is 4.41. The SMILES string of the molecule is O=C(Cc1ccc(Oc2ccc(F)cc2)cc1)[C@@H]1CN(Cc2ccccc2)CCN1C(=O)Cc1cnc[nH]1. The van der Waals surface area contributed by atoms with Gasteiger partial charge in [0.1, 0.15) is 23.4 Å². The van der Waals surface area contributed by atoms with E-state index < -0.39 is 6.04 Å². The summed E-state index contributed by atoms with van der Waals surface area (Å²) in [5.41, 5.74) is 2.74. The highest BCUT2D eigenvalue weighted by Crippen LogP contribution is 2.23. The van der Waals surface area contributed by atoms with Crippen LogP contribution in [0.5, 0.6) is 11.5 Å². The molecule has 8 heteroatoms. The number of hydrogen-bond donors (Lipinski definition) is 1. The third-order valence-corrected chi connectivity index (χ3v) is 6.65. The van der Waals surface area contributed by atoms with E-state index in [4.69, 9.17) is 4.74 Å². The molecule has 1 aliphatic heterocycles. The Labute approximate surface area is 220 Å². The number of aromatic nitrogens is 2. The van der Waals surface area contributed by atoms with Crippen LogP contribution in [-0.4, -0.2) is 57.1 Å². The minimum atomic E-state index is -0.543. The Morgan fingerprint density at radius 3 is 2.29 bits per heavy atom. The average molecular weight is 513 g/mol. The van der Waals surface area contributed by atoms with Crippen LogP contribution < -0.4 is 4.74 Å². The molecule has 194 valence electrons. The summed E-state index contributed by atoms with van der Waals surface area (Å²) in [5, 5.41) is 0. The van der Waals surface area contributed by atoms with Crippen LogP contribution in [0.3, 0.4) is 0 Å². The van der Waals surface area contributed by atoms with E-state index >= 15 is 0 Å². The van der Waals surface area contributed by atoms with Gasteiger partial charge in [-0.2, -0.15) is 0 Å². The van der Waals surface area contributed by atoms with Crippen LogP contribution in [0.15, 0.2) is 91.4 Å². The normalized spacial score (nSPS) is 15.8. The van der Waals surface area contributed by atoms with Crippen LogP contribution in [0.4, 0.5) is 4.39 Å². The predicted molar refractivity (Wildman–Crippen MR) is 141 cm³/mol. The van der Waals surface area contributed by atoms with Gasteiger partial charge in [-0.15, -0.1) is 0 Å². The van der Waals surface area contributed by atoms with Gasteiger partial charge in [-0.1, -0.05) is 42.5 Å². The van der Waals surface area contributed by atoms with Gasteiger partial charge in [0.25, 0.3) is 0 Å². The van der Waals surface area contributed by atoms with E-state index in [0.29, 0.717) is 31.1 Å². The molecule has 3 aromatic carbocycles. The second kappa shape index (κ2) is 11.8. The zero-order valence-electron chi connectivity index (χ0n) is 20.9. The fourth-order valence-corrected chi connectivity index (χ4v) is 4.68. The fourth-order valence-electron chi connectivity index (χ4n) is 4.68. The standard InChI is InChI=1S/C30H29FN4O3/c31-24-8-12-27(13-9-24)38-26-10-6-22(7-11-26)16-29(36)28-20-34(19-23-4-2-1-3-5-23)14-15-35(28)30(37)17-25-18-32-21-33-25/h1-13,18,21,28H,14-17,19-20H2,(H,32,33)/t28-/m0/s1. The number of ether oxygens (including phenoxy) is 1. The molecule has 0 spiro atoms. The minimum absolute atomic E-state index is 0.00655. The second-order valence-corrected chi connectivity index (χ2v) is 9.42. The number of carbonyl (C=O) groups is 2. The topological polar surface area (TPSA) is 78.5 Å². The van der Waals surface area contributed by atoms with Crippen LogP contribution in [0.25, 0.3) is 0 Å². The van der Waals surface area contributed by atoms with E-state index in [1.54, 1.807) is 41.7 Å². The molecule has 1 aliphatic rings. The minimum Gasteiger partial charge on any atom is -0.457 e. The number of carbonyl (C=O) groups excluding carboxylic acids is 2. The molecule has 1 aromatic heterocycles. The Hall–Kier alpha value is -4.30. The highest BCUT2D eigenvalue weighted by Gasteiger charge is 2.35. The summed E-state index contributed by atoms with van der Waals surface area (Å²) in [7, 11) is 0. The van der Waals surface area contributed by atoms with Crippen molar-refractivity contribution < 1.29 is 18.7 Å². The van der Waals surface area contributed by atoms with Crippen LogP contribution in [0.2, 0.25) is 0 Å². The summed E-state index contributed by atoms with van der Waals surface area (Å²) in [6.07, 6.45) is 3.56. The molecule has 2 heterocycles. The lowest BCUT2D eigenvalue weighted by Gasteiger charge is -2.41. The molecule has 1 N–H and O–H groups in total. The van der Waals surface area contributed by atoms with Gasteiger partial charge in [-0.05, 0) is 47.5 Å². The number of benzene rings is 3. The number of piperazine rings is 1. The number of rotatable bonds is 9. The molecule has 4 aromatic rings. The van der Waals surface area contributed by atoms with Crippen molar-refractivity contribution >= 4 is 11.7 Å². The molecule has 0 radical (unpaired) electrons. The van der Waals surface area contributed by atoms with Crippen molar-refractivity contribution in [2.45, 2.75) is 25.4 Å². The molecule has 5 rings (SSSR count). The maximum Gasteiger partial charge on any atom is 0.229 e. The Balaban J connectivity index is 1.27. The molecular formula is C30H29FN4O3. The van der Waals surface area contributed by atoms with E-state index in [0.717, 1.165) is 17.8 Å². The van der Waals surface area contributed by atoms with Gasteiger partial charge in [0.05, 0.1) is 12.7 Å². The number of amides is 1. The highest BCUT2D eigenvalue weighted by molar-refractivity contribution is 5.91. The van der Waals surface area contributed by atoms with E-state index in [1.807, 2.05) is 30.3 Å². The molecule has 38 heavy (non-hydrogen) atoms. The lowest BCUT2D eigenvalue weighted by Crippen LogP contribution is -2.58. The number of imidazole rings is 1. The van der Waals surface area contributed by atoms with Gasteiger partial charge in [-0.3, -0.25) is 14.5 Å². The van der Waals surface area contributed by atoms with Gasteiger partial charge in [0, 0.05) is 44.5 Å². The second-order valence-electron chi connectivity index (χ2n) is 9.42. The Kier molecular flexibility index (Phi) is 7.89. The Bertz CT molecular complexity index is 1340. The number of H-pyrrole nitrogens is 1. The molecular weight excluding hydrogens is 483 g/mol. The smallest absolute Gasteiger partial charge is 0.229 e. The average Bonchev–Trinajstić information content (AvgIpc) is 3.44. The third kappa shape index (κ3) is 6.52. The summed E-state index contributed by atoms with van der Waals surface area (Å²) >= 11 is 0. The number of ketones is 1. The van der Waals surface area contributed by atoms with Crippen molar-refractivity contribution in [2.75, 3.05) is 19.6 Å². The number of nitrogens with one attached hydrogen (secondary N) is 1. The van der Waals surface area contributed by atoms with Crippen LogP contribution >= 0.6 is 0 Å². The summed E-state index contributed by atoms with van der Waals surface area (Å²) in [6, 6.07) is 22.7. The van der Waals surface area contributed by atoms with Crippen molar-refractivity contribution in [3.05, 3.63) is 114 Å². The van der Waals surface area contributed by atoms with Gasteiger partial charge in [-0.25, -0.2) is 9.37 Å². The Morgan fingerprint density at radius 1 is 0.895 bits per heavy atom. The molecule has 0 saturated carbocycles. The molecule has 0 aliphatic carbocycles. The van der Waals surface area contributed by atoms with Crippen molar-refractivity contribution in [1.29, 1.82) is 0 Å². The van der Waals surface area contributed by atoms with Crippen molar-refractivity contribution in [1.82, 2.24) is 19.8 Å². The molecule has 1 amide bonds. The number of nitrogens with zero attached hydrogens (tertiary/aromatic N) is 3. The zero-order chi connectivity index (χ0) is 26.3. The van der Waals surface area contributed by atoms with E-state index in [-0.39, 0.29) is 30.3 Å². The number of Topliss-reactive ketones (excluding diaryl/α,β-unsaturated/α-hetero) is 1. The summed E-state index contributed by atoms with van der Waals surface area (Å²) in [4.78, 5) is 37.7. The first kappa shape index (κ1) is 25.4. The lowest BCUT2D eigenvalue weighted by atomic mass is 9.99. The molecule has 0 unspecified atom stereocenters. The van der Waals surface area contributed by atoms with Crippen molar-refractivity contribution in [3.63, 3.8) is 0 Å². The fraction of sp³-hybridized carbons (Fsp3) is 0.233. The van der Waals surface area contributed by atoms with Gasteiger partial charge in [0.2, 0.25) is 5.91 Å². The molecule has 1 saturated heterocycles. The molecule has 7 nitrogen and oxygen atoms in total. The van der Waals surface area contributed by atoms with Crippen molar-refractivity contribution in [3.8, 4) is 11.5 Å². The van der Waals surface area contributed by atoms with E-state index in [9.17, 15) is 14.0 Å². The molecule has 1 atom stereocenters. The first-order valence-electron chi connectivity index (χ1n) is 12.6. The highest BCUT2D eigenvalue weighted by atomic mass is 19.1. The van der Waals surface area contributed by atoms with Gasteiger partial charge < -0.3 is 14.6 Å². The Morgan fingerprint density at radius 2 is 1.61 bits per heavy atom. The number of hydrogen-bond acceptors (Lipinski definition) is 5. The summed E-state index contributed by atoms with van der Waals surface area (Å²) in [5.74, 6) is 0.703. The summed E-state index contributed by atoms with van der Waals surface area (Å²) in [6.45, 7) is 2.39. The van der Waals surface area contributed by atoms with Crippen LogP contribution in [0.1, 0.15) is 16.8 Å². The lowest BCUT2D eigenvalue weighted by molar-refractivity contribution is -0.142. The van der Waals surface area contributed by atoms with Gasteiger partial charge in [0.15, 0.2) is 5.78 Å². The van der Waals surface area contributed by atoms with Crippen LogP contribution in [0, 0.1) is 5.82 Å². The first-order chi connectivity index (χ1) is 18.5. The first-order valence-corrected chi connectivity index (χ1v) is 12.6. The van der Waals surface area contributed by atoms with Crippen LogP contribution in [-0.2, 0) is 29.0 Å². The number of halogens is 1. The van der Waals surface area contributed by atoms with Gasteiger partial charge >= 0.3 is 0 Å². The monoisotopic (exact) mass is 512 g/mol. The summed E-state index contributed by atoms with van der Waals surface area (Å²) < 4.78 is 18.9. The van der Waals surface area contributed by atoms with Crippen molar-refractivity contribution in [2.24, 2.45) is 0 Å². The van der Waals surface area contributed by atoms with E-state index in [2.05, 4.69) is 27.0 Å². The molecule has 0 bridgehead atoms. The number of aromatic amines is 1.